The number of ether oxygens (including phenoxy) is 2. The number of esters is 2. The van der Waals surface area contributed by atoms with Crippen LogP contribution in [0.2, 0.25) is 0 Å². The van der Waals surface area contributed by atoms with Gasteiger partial charge in [0.1, 0.15) is 13.2 Å². The van der Waals surface area contributed by atoms with Gasteiger partial charge in [-0.1, -0.05) is 71.1 Å². The topological polar surface area (TPSA) is 89.9 Å². The Bertz CT molecular complexity index is 353. The smallest absolute Gasteiger partial charge is 0.339 e. The van der Waals surface area contributed by atoms with Crippen molar-refractivity contribution in [3.05, 3.63) is 0 Å². The number of hydrogen-bond donors (Lipinski definition) is 1. The lowest BCUT2D eigenvalue weighted by molar-refractivity contribution is -0.163. The van der Waals surface area contributed by atoms with Crippen molar-refractivity contribution in [1.29, 1.82) is 0 Å². The third kappa shape index (κ3) is 16.9. The van der Waals surface area contributed by atoms with Crippen LogP contribution in [0.4, 0.5) is 0 Å². The summed E-state index contributed by atoms with van der Waals surface area (Å²) in [5, 5.41) is 8.33. The highest BCUT2D eigenvalue weighted by molar-refractivity contribution is 5.86. The van der Waals surface area contributed by atoms with E-state index in [4.69, 9.17) is 5.11 Å². The van der Waals surface area contributed by atoms with E-state index in [-0.39, 0.29) is 6.42 Å². The van der Waals surface area contributed by atoms with Gasteiger partial charge in [0, 0.05) is 6.42 Å². The van der Waals surface area contributed by atoms with Crippen LogP contribution in [-0.4, -0.2) is 36.2 Å². The molecule has 0 atom stereocenters. The van der Waals surface area contributed by atoms with Gasteiger partial charge in [-0.3, -0.25) is 4.79 Å². The average molecular weight is 344 g/mol. The van der Waals surface area contributed by atoms with E-state index in [1.165, 1.54) is 51.4 Å². The van der Waals surface area contributed by atoms with Crippen LogP contribution in [0.3, 0.4) is 0 Å². The Morgan fingerprint density at radius 3 is 1.71 bits per heavy atom. The average Bonchev–Trinajstić information content (AvgIpc) is 2.52. The molecule has 24 heavy (non-hydrogen) atoms. The largest absolute Gasteiger partial charge is 0.480 e. The predicted molar refractivity (Wildman–Crippen MR) is 90.6 cm³/mol. The molecule has 0 radical (unpaired) electrons. The Balaban J connectivity index is 3.34. The molecular weight excluding hydrogens is 312 g/mol. The van der Waals surface area contributed by atoms with Crippen LogP contribution in [0.25, 0.3) is 0 Å². The van der Waals surface area contributed by atoms with Gasteiger partial charge >= 0.3 is 17.9 Å². The zero-order valence-electron chi connectivity index (χ0n) is 14.9. The fourth-order valence-corrected chi connectivity index (χ4v) is 2.36. The van der Waals surface area contributed by atoms with Crippen molar-refractivity contribution in [2.75, 3.05) is 13.2 Å². The van der Waals surface area contributed by atoms with Gasteiger partial charge < -0.3 is 14.6 Å². The molecule has 1 N–H and O–H groups in total. The van der Waals surface area contributed by atoms with Crippen LogP contribution >= 0.6 is 0 Å². The van der Waals surface area contributed by atoms with E-state index in [1.54, 1.807) is 0 Å². The van der Waals surface area contributed by atoms with Gasteiger partial charge in [0.25, 0.3) is 0 Å². The van der Waals surface area contributed by atoms with Gasteiger partial charge in [0.15, 0.2) is 0 Å². The summed E-state index contributed by atoms with van der Waals surface area (Å²) in [5.41, 5.74) is 0. The number of carbonyl (C=O) groups excluding carboxylic acids is 2. The molecule has 0 fully saturated rings. The standard InChI is InChI=1S/C18H32O6/c1-2-3-4-5-6-7-8-9-10-11-12-13-17(21)24-18(22)15-23-14-16(19)20/h2-15H2,1H3,(H,19,20). The van der Waals surface area contributed by atoms with Crippen LogP contribution in [0.5, 0.6) is 0 Å². The minimum absolute atomic E-state index is 0.210. The summed E-state index contributed by atoms with van der Waals surface area (Å²) >= 11 is 0. The molecule has 0 aliphatic heterocycles. The molecule has 0 heterocycles. The van der Waals surface area contributed by atoms with Crippen LogP contribution < -0.4 is 0 Å². The van der Waals surface area contributed by atoms with Crippen molar-refractivity contribution < 1.29 is 29.0 Å². The van der Waals surface area contributed by atoms with E-state index in [9.17, 15) is 14.4 Å². The number of hydrogen-bond acceptors (Lipinski definition) is 5. The third-order valence-electron chi connectivity index (χ3n) is 3.66. The van der Waals surface area contributed by atoms with E-state index in [2.05, 4.69) is 16.4 Å². The Morgan fingerprint density at radius 1 is 0.708 bits per heavy atom. The molecule has 140 valence electrons. The van der Waals surface area contributed by atoms with Crippen molar-refractivity contribution in [2.45, 2.75) is 84.0 Å². The second kappa shape index (κ2) is 16.4. The Kier molecular flexibility index (Phi) is 15.4. The first-order valence-corrected chi connectivity index (χ1v) is 9.09. The second-order valence-electron chi connectivity index (χ2n) is 6.02. The summed E-state index contributed by atoms with van der Waals surface area (Å²) < 4.78 is 9.07. The second-order valence-corrected chi connectivity index (χ2v) is 6.02. The van der Waals surface area contributed by atoms with Crippen molar-refractivity contribution in [1.82, 2.24) is 0 Å². The molecule has 0 amide bonds. The molecule has 6 nitrogen and oxygen atoms in total. The maximum Gasteiger partial charge on any atom is 0.339 e. The van der Waals surface area contributed by atoms with Crippen molar-refractivity contribution in [3.63, 3.8) is 0 Å². The van der Waals surface area contributed by atoms with E-state index in [0.717, 1.165) is 12.8 Å². The highest BCUT2D eigenvalue weighted by Gasteiger charge is 2.11. The molecule has 0 rings (SSSR count). The predicted octanol–water partition coefficient (Wildman–Crippen LogP) is 3.86. The van der Waals surface area contributed by atoms with Crippen LogP contribution in [-0.2, 0) is 23.9 Å². The zero-order chi connectivity index (χ0) is 18.0. The fraction of sp³-hybridized carbons (Fsp3) is 0.833. The lowest BCUT2D eigenvalue weighted by Crippen LogP contribution is -2.19. The minimum atomic E-state index is -1.17. The zero-order valence-corrected chi connectivity index (χ0v) is 14.9. The molecule has 0 aromatic carbocycles. The van der Waals surface area contributed by atoms with Gasteiger partial charge in [-0.05, 0) is 6.42 Å². The Morgan fingerprint density at radius 2 is 1.21 bits per heavy atom. The normalized spacial score (nSPS) is 10.5. The maximum atomic E-state index is 11.4. The number of unbranched alkanes of at least 4 members (excludes halogenated alkanes) is 10. The molecule has 0 unspecified atom stereocenters. The van der Waals surface area contributed by atoms with Gasteiger partial charge in [-0.25, -0.2) is 9.59 Å². The molecule has 0 aliphatic carbocycles. The van der Waals surface area contributed by atoms with Crippen molar-refractivity contribution in [2.24, 2.45) is 0 Å². The maximum absolute atomic E-state index is 11.4. The van der Waals surface area contributed by atoms with E-state index < -0.39 is 31.1 Å². The first kappa shape index (κ1) is 22.6. The molecule has 0 bridgehead atoms. The molecule has 0 aliphatic rings. The molecule has 0 saturated heterocycles. The SMILES string of the molecule is CCCCCCCCCCCCCC(=O)OC(=O)COCC(=O)O. The molecule has 0 aromatic heterocycles. The van der Waals surface area contributed by atoms with Gasteiger partial charge in [0.05, 0.1) is 0 Å². The van der Waals surface area contributed by atoms with Gasteiger partial charge in [-0.15, -0.1) is 0 Å². The lowest BCUT2D eigenvalue weighted by atomic mass is 10.1. The molecule has 0 aromatic rings. The molecule has 0 spiro atoms. The van der Waals surface area contributed by atoms with Crippen molar-refractivity contribution >= 4 is 17.9 Å². The Hall–Kier alpha value is -1.43. The first-order valence-electron chi connectivity index (χ1n) is 9.09. The number of aliphatic carboxylic acids is 1. The monoisotopic (exact) mass is 344 g/mol. The summed E-state index contributed by atoms with van der Waals surface area (Å²) in [6.45, 7) is 1.12. The summed E-state index contributed by atoms with van der Waals surface area (Å²) in [6.07, 6.45) is 13.3. The van der Waals surface area contributed by atoms with Crippen LogP contribution in [0.15, 0.2) is 0 Å². The summed E-state index contributed by atoms with van der Waals surface area (Å²) in [6, 6.07) is 0. The Labute approximate surface area is 144 Å². The number of rotatable bonds is 16. The van der Waals surface area contributed by atoms with Crippen LogP contribution in [0.1, 0.15) is 84.0 Å². The molecule has 6 heteroatoms. The summed E-state index contributed by atoms with van der Waals surface area (Å²) in [5.74, 6) is -2.59. The van der Waals surface area contributed by atoms with Gasteiger partial charge in [-0.2, -0.15) is 0 Å². The molecule has 0 saturated carbocycles. The summed E-state index contributed by atoms with van der Waals surface area (Å²) in [7, 11) is 0. The molecular formula is C18H32O6. The minimum Gasteiger partial charge on any atom is -0.480 e. The van der Waals surface area contributed by atoms with Crippen molar-refractivity contribution in [3.8, 4) is 0 Å². The van der Waals surface area contributed by atoms with E-state index in [0.29, 0.717) is 6.42 Å². The van der Waals surface area contributed by atoms with Crippen LogP contribution in [0, 0.1) is 0 Å². The number of carboxylic acid groups (broad SMARTS) is 1. The lowest BCUT2D eigenvalue weighted by Gasteiger charge is -2.04. The number of carbonyl (C=O) groups is 3. The first-order chi connectivity index (χ1) is 11.6. The van der Waals surface area contributed by atoms with E-state index >= 15 is 0 Å². The highest BCUT2D eigenvalue weighted by Crippen LogP contribution is 2.12. The number of carboxylic acids is 1. The quantitative estimate of drug-likeness (QED) is 0.260. The summed E-state index contributed by atoms with van der Waals surface area (Å²) in [4.78, 5) is 32.8. The van der Waals surface area contributed by atoms with E-state index in [1.807, 2.05) is 0 Å². The third-order valence-corrected chi connectivity index (χ3v) is 3.66. The fourth-order valence-electron chi connectivity index (χ4n) is 2.36. The highest BCUT2D eigenvalue weighted by atomic mass is 16.6. The van der Waals surface area contributed by atoms with Gasteiger partial charge in [0.2, 0.25) is 0 Å².